The van der Waals surface area contributed by atoms with Crippen LogP contribution in [0.2, 0.25) is 0 Å². The summed E-state index contributed by atoms with van der Waals surface area (Å²) in [7, 11) is 0. The largest absolute Gasteiger partial charge is 0.394 e. The second-order valence-electron chi connectivity index (χ2n) is 3.71. The van der Waals surface area contributed by atoms with Crippen molar-refractivity contribution in [3.05, 3.63) is 22.5 Å². The number of aliphatic hydroxyl groups excluding tert-OH is 1. The Bertz CT molecular complexity index is 464. The molecule has 1 fully saturated rings. The van der Waals surface area contributed by atoms with E-state index in [1.54, 1.807) is 0 Å². The van der Waals surface area contributed by atoms with E-state index in [4.69, 9.17) is 15.1 Å². The highest BCUT2D eigenvalue weighted by Crippen LogP contribution is 2.27. The predicted octanol–water partition coefficient (Wildman–Crippen LogP) is -0.147. The van der Waals surface area contributed by atoms with Gasteiger partial charge in [-0.2, -0.15) is 4.98 Å². The molecule has 0 amide bonds. The zero-order chi connectivity index (χ0) is 12.4. The van der Waals surface area contributed by atoms with Gasteiger partial charge in [0.1, 0.15) is 6.23 Å². The summed E-state index contributed by atoms with van der Waals surface area (Å²) in [5, 5.41) is 17.4. The van der Waals surface area contributed by atoms with Crippen LogP contribution in [0.4, 0.5) is 10.2 Å². The molecule has 1 aromatic heterocycles. The second-order valence-corrected chi connectivity index (χ2v) is 3.71. The van der Waals surface area contributed by atoms with E-state index in [2.05, 4.69) is 4.98 Å². The molecule has 2 rings (SSSR count). The number of ether oxygens (including phenoxy) is 1. The first kappa shape index (κ1) is 12.0. The number of anilines is 1. The molecule has 94 valence electrons. The number of aliphatic hydroxyl groups is 1. The Hall–Kier alpha value is -1.51. The fraction of sp³-hybridized carbons (Fsp3) is 0.556. The van der Waals surface area contributed by atoms with Crippen molar-refractivity contribution in [2.24, 2.45) is 0 Å². The molecular weight excluding hydrogens is 233 g/mol. The topological polar surface area (TPSA) is 96.6 Å². The molecule has 0 aliphatic carbocycles. The van der Waals surface area contributed by atoms with Gasteiger partial charge in [0, 0.05) is 0 Å². The first-order valence-electron chi connectivity index (χ1n) is 5.10. The van der Waals surface area contributed by atoms with Crippen LogP contribution < -0.4 is 11.2 Å². The minimum Gasteiger partial charge on any atom is -0.394 e. The SMILES string of the molecule is O=c1nc(NO)c(F)cn1[C@H]1CC[C@H](CO)O1. The van der Waals surface area contributed by atoms with Crippen LogP contribution in [-0.4, -0.2) is 32.6 Å². The van der Waals surface area contributed by atoms with Crippen molar-refractivity contribution in [3.8, 4) is 0 Å². The molecule has 7 nitrogen and oxygen atoms in total. The summed E-state index contributed by atoms with van der Waals surface area (Å²) in [6, 6.07) is 0. The van der Waals surface area contributed by atoms with Crippen molar-refractivity contribution in [1.29, 1.82) is 0 Å². The van der Waals surface area contributed by atoms with Crippen LogP contribution in [0.15, 0.2) is 11.0 Å². The predicted molar refractivity (Wildman–Crippen MR) is 54.1 cm³/mol. The molecule has 0 aromatic carbocycles. The number of hydrogen-bond donors (Lipinski definition) is 3. The average Bonchev–Trinajstić information content (AvgIpc) is 2.80. The Labute approximate surface area is 95.4 Å². The third kappa shape index (κ3) is 2.28. The van der Waals surface area contributed by atoms with Gasteiger partial charge < -0.3 is 9.84 Å². The lowest BCUT2D eigenvalue weighted by Gasteiger charge is -2.15. The Balaban J connectivity index is 2.28. The Morgan fingerprint density at radius 1 is 1.65 bits per heavy atom. The van der Waals surface area contributed by atoms with Gasteiger partial charge in [0.15, 0.2) is 11.6 Å². The molecule has 1 aliphatic rings. The number of aromatic nitrogens is 2. The van der Waals surface area contributed by atoms with Gasteiger partial charge in [-0.05, 0) is 12.8 Å². The van der Waals surface area contributed by atoms with Crippen LogP contribution in [0, 0.1) is 5.82 Å². The lowest BCUT2D eigenvalue weighted by Crippen LogP contribution is -2.28. The quantitative estimate of drug-likeness (QED) is 0.641. The molecule has 2 heterocycles. The molecule has 0 radical (unpaired) electrons. The fourth-order valence-corrected chi connectivity index (χ4v) is 1.76. The second kappa shape index (κ2) is 4.78. The minimum atomic E-state index is -0.858. The van der Waals surface area contributed by atoms with Crippen molar-refractivity contribution < 1.29 is 19.4 Å². The summed E-state index contributed by atoms with van der Waals surface area (Å²) < 4.78 is 19.6. The van der Waals surface area contributed by atoms with E-state index in [0.717, 1.165) is 10.8 Å². The first-order chi connectivity index (χ1) is 8.15. The standard InChI is InChI=1S/C9H12FN3O4/c10-6-3-13(9(15)11-8(6)12-16)7-2-1-5(4-14)17-7/h3,5,7,14,16H,1-2,4H2,(H,11,12,15)/t5-,7-/m1/s1. The van der Waals surface area contributed by atoms with Crippen LogP contribution in [0.5, 0.6) is 0 Å². The van der Waals surface area contributed by atoms with Gasteiger partial charge in [-0.1, -0.05) is 0 Å². The summed E-state index contributed by atoms with van der Waals surface area (Å²) in [6.07, 6.45) is 1.03. The Morgan fingerprint density at radius 3 is 3.00 bits per heavy atom. The average molecular weight is 245 g/mol. The van der Waals surface area contributed by atoms with Gasteiger partial charge in [0.25, 0.3) is 0 Å². The van der Waals surface area contributed by atoms with E-state index >= 15 is 0 Å². The Morgan fingerprint density at radius 2 is 2.41 bits per heavy atom. The summed E-state index contributed by atoms with van der Waals surface area (Å²) >= 11 is 0. The molecular formula is C9H12FN3O4. The number of nitrogens with one attached hydrogen (secondary N) is 1. The van der Waals surface area contributed by atoms with E-state index in [9.17, 15) is 9.18 Å². The van der Waals surface area contributed by atoms with E-state index < -0.39 is 23.6 Å². The van der Waals surface area contributed by atoms with Crippen LogP contribution in [0.1, 0.15) is 19.1 Å². The molecule has 0 bridgehead atoms. The van der Waals surface area contributed by atoms with Crippen LogP contribution in [0.25, 0.3) is 0 Å². The molecule has 17 heavy (non-hydrogen) atoms. The van der Waals surface area contributed by atoms with Crippen molar-refractivity contribution in [2.75, 3.05) is 12.1 Å². The van der Waals surface area contributed by atoms with E-state index in [1.165, 1.54) is 5.48 Å². The monoisotopic (exact) mass is 245 g/mol. The zero-order valence-corrected chi connectivity index (χ0v) is 8.84. The minimum absolute atomic E-state index is 0.141. The van der Waals surface area contributed by atoms with E-state index in [-0.39, 0.29) is 12.7 Å². The summed E-state index contributed by atoms with van der Waals surface area (Å²) in [6.45, 7) is -0.141. The molecule has 0 spiro atoms. The highest BCUT2D eigenvalue weighted by atomic mass is 19.1. The van der Waals surface area contributed by atoms with Crippen molar-refractivity contribution >= 4 is 5.82 Å². The highest BCUT2D eigenvalue weighted by molar-refractivity contribution is 5.30. The molecule has 0 saturated carbocycles. The molecule has 8 heteroatoms. The van der Waals surface area contributed by atoms with Crippen LogP contribution in [-0.2, 0) is 4.74 Å². The van der Waals surface area contributed by atoms with Crippen LogP contribution in [0.3, 0.4) is 0 Å². The highest BCUT2D eigenvalue weighted by Gasteiger charge is 2.27. The van der Waals surface area contributed by atoms with E-state index in [1.807, 2.05) is 0 Å². The lowest BCUT2D eigenvalue weighted by atomic mass is 10.2. The maximum Gasteiger partial charge on any atom is 0.351 e. The van der Waals surface area contributed by atoms with Gasteiger partial charge in [-0.15, -0.1) is 0 Å². The molecule has 1 aromatic rings. The lowest BCUT2D eigenvalue weighted by molar-refractivity contribution is -0.0249. The molecule has 0 unspecified atom stereocenters. The van der Waals surface area contributed by atoms with E-state index in [0.29, 0.717) is 12.8 Å². The maximum atomic E-state index is 13.3. The summed E-state index contributed by atoms with van der Waals surface area (Å²) in [5.74, 6) is -1.38. The summed E-state index contributed by atoms with van der Waals surface area (Å²) in [5.41, 5.74) is 0.764. The fourth-order valence-electron chi connectivity index (χ4n) is 1.76. The van der Waals surface area contributed by atoms with Crippen LogP contribution >= 0.6 is 0 Å². The third-order valence-corrected chi connectivity index (χ3v) is 2.61. The van der Waals surface area contributed by atoms with Crippen molar-refractivity contribution in [1.82, 2.24) is 9.55 Å². The molecule has 2 atom stereocenters. The third-order valence-electron chi connectivity index (χ3n) is 2.61. The number of halogens is 1. The molecule has 1 aliphatic heterocycles. The number of hydrogen-bond acceptors (Lipinski definition) is 6. The Kier molecular flexibility index (Phi) is 3.36. The van der Waals surface area contributed by atoms with Gasteiger partial charge in [0.05, 0.1) is 18.9 Å². The first-order valence-corrected chi connectivity index (χ1v) is 5.10. The maximum absolute atomic E-state index is 13.3. The smallest absolute Gasteiger partial charge is 0.351 e. The van der Waals surface area contributed by atoms with Gasteiger partial charge in [-0.3, -0.25) is 9.77 Å². The van der Waals surface area contributed by atoms with Crippen molar-refractivity contribution in [2.45, 2.75) is 25.2 Å². The molecule has 1 saturated heterocycles. The van der Waals surface area contributed by atoms with Crippen molar-refractivity contribution in [3.63, 3.8) is 0 Å². The van der Waals surface area contributed by atoms with Gasteiger partial charge in [0.2, 0.25) is 0 Å². The summed E-state index contributed by atoms with van der Waals surface area (Å²) in [4.78, 5) is 14.8. The number of rotatable bonds is 3. The van der Waals surface area contributed by atoms with Gasteiger partial charge >= 0.3 is 5.69 Å². The number of nitrogens with zero attached hydrogens (tertiary/aromatic N) is 2. The van der Waals surface area contributed by atoms with Gasteiger partial charge in [-0.25, -0.2) is 14.7 Å². The zero-order valence-electron chi connectivity index (χ0n) is 8.84. The molecule has 3 N–H and O–H groups in total. The normalized spacial score (nSPS) is 23.9.